The van der Waals surface area contributed by atoms with E-state index in [0.717, 1.165) is 17.6 Å². The predicted octanol–water partition coefficient (Wildman–Crippen LogP) is -1.17. The zero-order chi connectivity index (χ0) is 14.5. The molecule has 20 heavy (non-hydrogen) atoms. The van der Waals surface area contributed by atoms with Crippen molar-refractivity contribution < 1.29 is 23.7 Å². The number of halogens is 2. The Balaban J connectivity index is 1.90. The lowest BCUT2D eigenvalue weighted by Crippen LogP contribution is -2.51. The first-order valence-corrected chi connectivity index (χ1v) is 5.79. The fourth-order valence-corrected chi connectivity index (χ4v) is 2.24. The summed E-state index contributed by atoms with van der Waals surface area (Å²) in [6.45, 7) is -0.996. The van der Waals surface area contributed by atoms with Gasteiger partial charge >= 0.3 is 5.79 Å². The molecule has 0 amide bonds. The van der Waals surface area contributed by atoms with E-state index in [-0.39, 0.29) is 5.84 Å². The second-order valence-electron chi connectivity index (χ2n) is 4.52. The highest BCUT2D eigenvalue weighted by atomic mass is 19.1. The van der Waals surface area contributed by atoms with E-state index in [9.17, 15) is 19.0 Å². The lowest BCUT2D eigenvalue weighted by atomic mass is 10.1. The van der Waals surface area contributed by atoms with Gasteiger partial charge in [-0.1, -0.05) is 0 Å². The molecule has 0 aliphatic carbocycles. The zero-order valence-corrected chi connectivity index (χ0v) is 10.0. The molecule has 0 aromatic rings. The molecule has 3 rings (SSSR count). The SMILES string of the molecule is N=C1N=CN=C2N([C@@H]3O[C@H](CF)[C@@H](O)[C@H]3O)C=NC12F. The van der Waals surface area contributed by atoms with Crippen molar-refractivity contribution in [2.45, 2.75) is 30.3 Å². The molecule has 3 N–H and O–H groups in total. The van der Waals surface area contributed by atoms with Crippen molar-refractivity contribution in [3.05, 3.63) is 0 Å². The van der Waals surface area contributed by atoms with Gasteiger partial charge in [-0.25, -0.2) is 19.4 Å². The van der Waals surface area contributed by atoms with Crippen LogP contribution in [0.1, 0.15) is 0 Å². The van der Waals surface area contributed by atoms with Gasteiger partial charge in [0.2, 0.25) is 0 Å². The van der Waals surface area contributed by atoms with E-state index in [2.05, 4.69) is 15.0 Å². The Morgan fingerprint density at radius 3 is 2.85 bits per heavy atom. The Morgan fingerprint density at radius 2 is 2.20 bits per heavy atom. The molecule has 8 nitrogen and oxygen atoms in total. The Hall–Kier alpha value is -1.78. The van der Waals surface area contributed by atoms with Crippen molar-refractivity contribution in [3.8, 4) is 0 Å². The normalized spacial score (nSPS) is 43.1. The molecule has 3 aliphatic heterocycles. The van der Waals surface area contributed by atoms with Gasteiger partial charge in [0.15, 0.2) is 17.9 Å². The smallest absolute Gasteiger partial charge is 0.318 e. The number of hydrogen-bond donors (Lipinski definition) is 3. The van der Waals surface area contributed by atoms with Crippen molar-refractivity contribution in [1.82, 2.24) is 4.90 Å². The highest BCUT2D eigenvalue weighted by molar-refractivity contribution is 6.22. The first-order chi connectivity index (χ1) is 9.49. The largest absolute Gasteiger partial charge is 0.387 e. The highest BCUT2D eigenvalue weighted by Crippen LogP contribution is 2.32. The summed E-state index contributed by atoms with van der Waals surface area (Å²) in [4.78, 5) is 11.6. The Labute approximate surface area is 111 Å². The number of nitrogens with one attached hydrogen (secondary N) is 1. The molecule has 0 aromatic carbocycles. The summed E-state index contributed by atoms with van der Waals surface area (Å²) in [5.41, 5.74) is 0. The highest BCUT2D eigenvalue weighted by Gasteiger charge is 2.55. The summed E-state index contributed by atoms with van der Waals surface area (Å²) in [5.74, 6) is -3.51. The lowest BCUT2D eigenvalue weighted by molar-refractivity contribution is -0.0419. The van der Waals surface area contributed by atoms with Gasteiger partial charge in [-0.05, 0) is 0 Å². The topological polar surface area (TPSA) is 114 Å². The van der Waals surface area contributed by atoms with E-state index in [1.165, 1.54) is 0 Å². The van der Waals surface area contributed by atoms with E-state index in [1.807, 2.05) is 0 Å². The maximum Gasteiger partial charge on any atom is 0.318 e. The monoisotopic (exact) mass is 287 g/mol. The molecular weight excluding hydrogens is 276 g/mol. The molecule has 0 radical (unpaired) electrons. The predicted molar refractivity (Wildman–Crippen MR) is 64.5 cm³/mol. The Bertz CT molecular complexity index is 539. The van der Waals surface area contributed by atoms with Crippen LogP contribution in [0.5, 0.6) is 0 Å². The van der Waals surface area contributed by atoms with Crippen LogP contribution in [0.15, 0.2) is 15.0 Å². The average molecular weight is 287 g/mol. The van der Waals surface area contributed by atoms with Crippen LogP contribution in [0.2, 0.25) is 0 Å². The maximum atomic E-state index is 14.5. The first-order valence-electron chi connectivity index (χ1n) is 5.79. The fraction of sp³-hybridized carbons (Fsp3) is 0.600. The summed E-state index contributed by atoms with van der Waals surface area (Å²) in [5, 5.41) is 26.9. The van der Waals surface area contributed by atoms with E-state index in [1.54, 1.807) is 0 Å². The second-order valence-corrected chi connectivity index (χ2v) is 4.52. The molecule has 0 saturated carbocycles. The minimum absolute atomic E-state index is 0.312. The number of alkyl halides is 2. The van der Waals surface area contributed by atoms with E-state index in [0.29, 0.717) is 0 Å². The van der Waals surface area contributed by atoms with Gasteiger partial charge in [0, 0.05) is 0 Å². The van der Waals surface area contributed by atoms with E-state index in [4.69, 9.17) is 10.1 Å². The molecule has 0 bridgehead atoms. The average Bonchev–Trinajstić information content (AvgIpc) is 2.91. The van der Waals surface area contributed by atoms with Crippen LogP contribution in [-0.2, 0) is 4.74 Å². The minimum atomic E-state index is -2.55. The molecule has 108 valence electrons. The molecule has 0 spiro atoms. The molecule has 1 saturated heterocycles. The van der Waals surface area contributed by atoms with Crippen molar-refractivity contribution in [2.24, 2.45) is 15.0 Å². The van der Waals surface area contributed by atoms with Crippen LogP contribution in [0, 0.1) is 5.41 Å². The summed E-state index contributed by atoms with van der Waals surface area (Å²) >= 11 is 0. The molecule has 1 fully saturated rings. The lowest BCUT2D eigenvalue weighted by Gasteiger charge is -2.28. The Morgan fingerprint density at radius 1 is 1.45 bits per heavy atom. The number of nitrogens with zero attached hydrogens (tertiary/aromatic N) is 4. The van der Waals surface area contributed by atoms with Crippen LogP contribution < -0.4 is 0 Å². The Kier molecular flexibility index (Phi) is 2.88. The molecule has 5 atom stereocenters. The standard InChI is InChI=1S/C10H11F2N5O3/c11-1-4-5(18)6(19)7(20-4)17-3-16-10(12)8(13)14-2-15-9(10)17/h2-7,13,18-19H,1H2/t4-,5-,6-,7-,10?/m1/s1. The third-order valence-corrected chi connectivity index (χ3v) is 3.35. The first kappa shape index (κ1) is 13.2. The number of hydrogen-bond acceptors (Lipinski definition) is 7. The number of rotatable bonds is 2. The molecule has 3 heterocycles. The minimum Gasteiger partial charge on any atom is -0.387 e. The summed E-state index contributed by atoms with van der Waals surface area (Å²) < 4.78 is 32.3. The molecular formula is C10H11F2N5O3. The van der Waals surface area contributed by atoms with Crippen LogP contribution in [0.25, 0.3) is 0 Å². The second kappa shape index (κ2) is 4.36. The van der Waals surface area contributed by atoms with Gasteiger partial charge in [0.1, 0.15) is 31.3 Å². The quantitative estimate of drug-likeness (QED) is 0.555. The number of aliphatic hydroxyl groups excluding tert-OH is 2. The fourth-order valence-electron chi connectivity index (χ4n) is 2.24. The van der Waals surface area contributed by atoms with E-state index < -0.39 is 42.8 Å². The molecule has 10 heteroatoms. The third-order valence-electron chi connectivity index (χ3n) is 3.35. The van der Waals surface area contributed by atoms with Gasteiger partial charge < -0.3 is 14.9 Å². The summed E-state index contributed by atoms with van der Waals surface area (Å²) in [7, 11) is 0. The number of aliphatic imine (C=N–C) groups is 3. The number of ether oxygens (including phenoxy) is 1. The van der Waals surface area contributed by atoms with Gasteiger partial charge in [-0.3, -0.25) is 10.3 Å². The van der Waals surface area contributed by atoms with Crippen LogP contribution in [0.4, 0.5) is 8.78 Å². The van der Waals surface area contributed by atoms with Crippen molar-refractivity contribution in [2.75, 3.05) is 6.67 Å². The summed E-state index contributed by atoms with van der Waals surface area (Å²) in [6.07, 6.45) is -3.38. The van der Waals surface area contributed by atoms with Crippen LogP contribution >= 0.6 is 0 Å². The van der Waals surface area contributed by atoms with Crippen molar-refractivity contribution in [1.29, 1.82) is 5.41 Å². The third kappa shape index (κ3) is 1.62. The molecule has 1 unspecified atom stereocenters. The van der Waals surface area contributed by atoms with Gasteiger partial charge in [0.05, 0.1) is 6.34 Å². The van der Waals surface area contributed by atoms with E-state index >= 15 is 0 Å². The maximum absolute atomic E-state index is 14.5. The van der Waals surface area contributed by atoms with Gasteiger partial charge in [0.25, 0.3) is 0 Å². The number of fused-ring (bicyclic) bond motifs is 1. The molecule has 0 aromatic heterocycles. The number of aliphatic hydroxyl groups is 2. The van der Waals surface area contributed by atoms with Crippen molar-refractivity contribution in [3.63, 3.8) is 0 Å². The van der Waals surface area contributed by atoms with Crippen LogP contribution in [0.3, 0.4) is 0 Å². The van der Waals surface area contributed by atoms with Crippen molar-refractivity contribution >= 4 is 24.3 Å². The van der Waals surface area contributed by atoms with Gasteiger partial charge in [-0.15, -0.1) is 0 Å². The zero-order valence-electron chi connectivity index (χ0n) is 10.0. The summed E-state index contributed by atoms with van der Waals surface area (Å²) in [6, 6.07) is 0. The number of amidine groups is 2. The molecule has 3 aliphatic rings. The van der Waals surface area contributed by atoms with Gasteiger partial charge in [-0.2, -0.15) is 4.39 Å². The van der Waals surface area contributed by atoms with Crippen LogP contribution in [-0.4, -0.2) is 76.5 Å².